The molecule has 0 heterocycles. The number of allylic oxidation sites excluding steroid dienone is 10. The number of rotatable bonds is 5. The smallest absolute Gasteiger partial charge is 0.186 e. The zero-order chi connectivity index (χ0) is 34.9. The van der Waals surface area contributed by atoms with Crippen LogP contribution in [0.1, 0.15) is 69.2 Å². The van der Waals surface area contributed by atoms with E-state index < -0.39 is 0 Å². The van der Waals surface area contributed by atoms with Gasteiger partial charge in [0.05, 0.1) is 28.1 Å². The lowest BCUT2D eigenvalue weighted by Crippen LogP contribution is -2.27. The van der Waals surface area contributed by atoms with Crippen molar-refractivity contribution >= 4 is 46.1 Å². The van der Waals surface area contributed by atoms with E-state index in [2.05, 4.69) is 20.5 Å². The first-order valence-electron chi connectivity index (χ1n) is 15.5. The number of carbonyl (C=O) groups excluding carboxylic acids is 2. The highest BCUT2D eigenvalue weighted by Gasteiger charge is 2.34. The molecule has 8 heteroatoms. The summed E-state index contributed by atoms with van der Waals surface area (Å²) in [5, 5.41) is 18.1. The maximum atomic E-state index is 13.2. The van der Waals surface area contributed by atoms with Crippen molar-refractivity contribution in [3.05, 3.63) is 117 Å². The molecule has 0 atom stereocenters. The summed E-state index contributed by atoms with van der Waals surface area (Å²) in [6.07, 6.45) is 10.7. The Bertz CT molecular complexity index is 1840. The SMILES string of the molecule is CC1=C/C(=C/N=N/c2cccc(-c3cc(Cl)c(/N=N/C=C4C=C(C(C)(C)C)C(=O)C(C(C)(C)C)=C4)cc3Cl)c2)C=C(C(C)(C)C)C1=O. The third-order valence-corrected chi connectivity index (χ3v) is 8.39. The first-order chi connectivity index (χ1) is 21.8. The maximum absolute atomic E-state index is 13.2. The van der Waals surface area contributed by atoms with E-state index in [9.17, 15) is 9.59 Å². The average molecular weight is 670 g/mol. The number of carbonyl (C=O) groups is 2. The van der Waals surface area contributed by atoms with E-state index in [4.69, 9.17) is 23.2 Å². The fraction of sp³-hybridized carbons (Fsp3) is 0.333. The van der Waals surface area contributed by atoms with Gasteiger partial charge in [0.15, 0.2) is 11.6 Å². The molecule has 0 saturated heterocycles. The molecule has 0 radical (unpaired) electrons. The van der Waals surface area contributed by atoms with Crippen LogP contribution >= 0.6 is 23.2 Å². The normalized spacial score (nSPS) is 17.4. The average Bonchev–Trinajstić information content (AvgIpc) is 2.95. The molecule has 4 rings (SSSR count). The summed E-state index contributed by atoms with van der Waals surface area (Å²) in [5.41, 5.74) is 6.17. The molecule has 47 heavy (non-hydrogen) atoms. The number of hydrogen-bond donors (Lipinski definition) is 0. The molecule has 0 saturated carbocycles. The topological polar surface area (TPSA) is 83.6 Å². The van der Waals surface area contributed by atoms with Crippen molar-refractivity contribution in [2.24, 2.45) is 36.7 Å². The highest BCUT2D eigenvalue weighted by Crippen LogP contribution is 2.40. The molecule has 0 unspecified atom stereocenters. The Morgan fingerprint density at radius 3 is 1.68 bits per heavy atom. The standard InChI is InChI=1S/C39H42Cl2N4O2/c1-23-14-24(15-29(35(23)46)37(2,3)4)21-42-44-27-13-11-12-26(18-27)28-19-33(41)34(20-32(28)40)45-43-22-25-16-30(38(5,6)7)36(47)31(17-25)39(8,9)10/h11-22H,1-10H3/b24-21-,44-42+,45-43+. The second-order valence-electron chi connectivity index (χ2n) is 14.9. The van der Waals surface area contributed by atoms with Gasteiger partial charge >= 0.3 is 0 Å². The number of nitrogens with zero attached hydrogens (tertiary/aromatic N) is 4. The van der Waals surface area contributed by atoms with Gasteiger partial charge in [-0.1, -0.05) is 97.6 Å². The lowest BCUT2D eigenvalue weighted by molar-refractivity contribution is -0.114. The van der Waals surface area contributed by atoms with Crippen molar-refractivity contribution in [2.75, 3.05) is 0 Å². The molecule has 0 N–H and O–H groups in total. The molecule has 6 nitrogen and oxygen atoms in total. The second-order valence-corrected chi connectivity index (χ2v) is 15.7. The summed E-state index contributed by atoms with van der Waals surface area (Å²) < 4.78 is 0. The van der Waals surface area contributed by atoms with Gasteiger partial charge in [0.1, 0.15) is 5.69 Å². The molecule has 244 valence electrons. The van der Waals surface area contributed by atoms with Crippen molar-refractivity contribution in [3.8, 4) is 11.1 Å². The van der Waals surface area contributed by atoms with Crippen LogP contribution in [0.4, 0.5) is 11.4 Å². The number of halogens is 2. The summed E-state index contributed by atoms with van der Waals surface area (Å²) in [4.78, 5) is 25.8. The molecule has 2 aromatic rings. The van der Waals surface area contributed by atoms with Crippen molar-refractivity contribution in [2.45, 2.75) is 69.2 Å². The van der Waals surface area contributed by atoms with E-state index in [1.54, 1.807) is 24.5 Å². The highest BCUT2D eigenvalue weighted by molar-refractivity contribution is 6.37. The zero-order valence-electron chi connectivity index (χ0n) is 28.8. The van der Waals surface area contributed by atoms with E-state index in [1.807, 2.05) is 118 Å². The third kappa shape index (κ3) is 8.68. The van der Waals surface area contributed by atoms with Gasteiger partial charge in [-0.15, -0.1) is 5.11 Å². The van der Waals surface area contributed by atoms with Gasteiger partial charge < -0.3 is 0 Å². The van der Waals surface area contributed by atoms with Gasteiger partial charge in [0, 0.05) is 22.3 Å². The monoisotopic (exact) mass is 668 g/mol. The Balaban J connectivity index is 1.58. The van der Waals surface area contributed by atoms with Crippen LogP contribution < -0.4 is 0 Å². The lowest BCUT2D eigenvalue weighted by atomic mass is 9.72. The third-order valence-electron chi connectivity index (χ3n) is 7.78. The largest absolute Gasteiger partial charge is 0.289 e. The van der Waals surface area contributed by atoms with Crippen LogP contribution in [0.3, 0.4) is 0 Å². The zero-order valence-corrected chi connectivity index (χ0v) is 30.3. The Hall–Kier alpha value is -4.00. The van der Waals surface area contributed by atoms with Crippen LogP contribution in [0.2, 0.25) is 10.0 Å². The maximum Gasteiger partial charge on any atom is 0.186 e. The molecule has 0 fully saturated rings. The molecule has 0 aliphatic heterocycles. The van der Waals surface area contributed by atoms with Crippen LogP contribution in [0.25, 0.3) is 11.1 Å². The summed E-state index contributed by atoms with van der Waals surface area (Å²) in [6.45, 7) is 20.0. The van der Waals surface area contributed by atoms with Crippen LogP contribution in [-0.2, 0) is 9.59 Å². The fourth-order valence-electron chi connectivity index (χ4n) is 5.16. The Labute approximate surface area is 288 Å². The minimum atomic E-state index is -0.318. The Morgan fingerprint density at radius 2 is 1.13 bits per heavy atom. The molecule has 0 spiro atoms. The fourth-order valence-corrected chi connectivity index (χ4v) is 5.63. The molecule has 0 amide bonds. The van der Waals surface area contributed by atoms with Crippen molar-refractivity contribution < 1.29 is 9.59 Å². The van der Waals surface area contributed by atoms with E-state index in [-0.39, 0.29) is 27.8 Å². The number of hydrogen-bond acceptors (Lipinski definition) is 6. The second kappa shape index (κ2) is 13.6. The highest BCUT2D eigenvalue weighted by atomic mass is 35.5. The quantitative estimate of drug-likeness (QED) is 0.297. The van der Waals surface area contributed by atoms with E-state index >= 15 is 0 Å². The van der Waals surface area contributed by atoms with Crippen LogP contribution in [-0.4, -0.2) is 11.6 Å². The summed E-state index contributed by atoms with van der Waals surface area (Å²) in [7, 11) is 0. The van der Waals surface area contributed by atoms with Crippen LogP contribution in [0.15, 0.2) is 127 Å². The molecular weight excluding hydrogens is 627 g/mol. The first-order valence-corrected chi connectivity index (χ1v) is 16.3. The van der Waals surface area contributed by atoms with Gasteiger partial charge in [0.2, 0.25) is 0 Å². The minimum absolute atomic E-state index is 0.0555. The van der Waals surface area contributed by atoms with E-state index in [1.165, 1.54) is 0 Å². The van der Waals surface area contributed by atoms with Gasteiger partial charge in [-0.3, -0.25) is 9.59 Å². The minimum Gasteiger partial charge on any atom is -0.289 e. The summed E-state index contributed by atoms with van der Waals surface area (Å²) in [5.74, 6) is 0.119. The van der Waals surface area contributed by atoms with Crippen LogP contribution in [0, 0.1) is 16.2 Å². The predicted molar refractivity (Wildman–Crippen MR) is 193 cm³/mol. The number of Topliss-reactive ketones (excluding diaryl/α,β-unsaturated/α-hetero) is 2. The van der Waals surface area contributed by atoms with Crippen molar-refractivity contribution in [1.29, 1.82) is 0 Å². The lowest BCUT2D eigenvalue weighted by Gasteiger charge is -2.31. The van der Waals surface area contributed by atoms with Crippen LogP contribution in [0.5, 0.6) is 0 Å². The molecular formula is C39H42Cl2N4O2. The molecule has 2 aliphatic rings. The number of azo groups is 2. The molecule has 0 bridgehead atoms. The van der Waals surface area contributed by atoms with Crippen molar-refractivity contribution in [3.63, 3.8) is 0 Å². The van der Waals surface area contributed by atoms with Gasteiger partial charge in [-0.05, 0) is 94.0 Å². The Morgan fingerprint density at radius 1 is 0.617 bits per heavy atom. The van der Waals surface area contributed by atoms with E-state index in [0.29, 0.717) is 32.6 Å². The molecule has 0 aromatic heterocycles. The van der Waals surface area contributed by atoms with Gasteiger partial charge in [-0.2, -0.15) is 15.3 Å². The van der Waals surface area contributed by atoms with Gasteiger partial charge in [-0.25, -0.2) is 0 Å². The summed E-state index contributed by atoms with van der Waals surface area (Å²) >= 11 is 13.4. The molecule has 2 aromatic carbocycles. The molecule has 2 aliphatic carbocycles. The Kier molecular flexibility index (Phi) is 10.4. The number of ketones is 2. The van der Waals surface area contributed by atoms with E-state index in [0.717, 1.165) is 33.4 Å². The first kappa shape index (κ1) is 35.8. The predicted octanol–water partition coefficient (Wildman–Crippen LogP) is 12.6. The number of benzene rings is 2. The van der Waals surface area contributed by atoms with Gasteiger partial charge in [0.25, 0.3) is 0 Å². The van der Waals surface area contributed by atoms with Crippen molar-refractivity contribution in [1.82, 2.24) is 0 Å². The summed E-state index contributed by atoms with van der Waals surface area (Å²) in [6, 6.07) is 10.9.